The number of nitrogens with two attached hydrogens (primary N) is 1. The van der Waals surface area contributed by atoms with Crippen LogP contribution < -0.4 is 11.1 Å². The minimum atomic E-state index is -0.0476. The summed E-state index contributed by atoms with van der Waals surface area (Å²) in [5.41, 5.74) is 8.40. The summed E-state index contributed by atoms with van der Waals surface area (Å²) < 4.78 is 0. The highest BCUT2D eigenvalue weighted by Crippen LogP contribution is 2.30. The first kappa shape index (κ1) is 12.2. The smallest absolute Gasteiger partial charge is 0.251 e. The van der Waals surface area contributed by atoms with E-state index in [2.05, 4.69) is 11.4 Å². The molecule has 1 aliphatic carbocycles. The average molecular weight is 272 g/mol. The summed E-state index contributed by atoms with van der Waals surface area (Å²) in [6.45, 7) is 0.612. The maximum absolute atomic E-state index is 12.0. The molecule has 0 atom stereocenters. The van der Waals surface area contributed by atoms with Crippen molar-refractivity contribution in [3.63, 3.8) is 0 Å². The Morgan fingerprint density at radius 3 is 2.79 bits per heavy atom. The molecule has 0 saturated carbocycles. The van der Waals surface area contributed by atoms with Gasteiger partial charge in [-0.05, 0) is 55.2 Å². The molecule has 1 aliphatic rings. The predicted octanol–water partition coefficient (Wildman–Crippen LogP) is 2.75. The van der Waals surface area contributed by atoms with Gasteiger partial charge in [-0.25, -0.2) is 0 Å². The number of nitrogen functional groups attached to an aromatic ring is 1. The number of thiophene rings is 1. The first-order valence-electron chi connectivity index (χ1n) is 6.46. The molecule has 3 nitrogen and oxygen atoms in total. The molecular formula is C15H16N2OS. The van der Waals surface area contributed by atoms with E-state index in [1.54, 1.807) is 24.3 Å². The van der Waals surface area contributed by atoms with Crippen molar-refractivity contribution in [2.24, 2.45) is 0 Å². The Labute approximate surface area is 116 Å². The number of benzene rings is 1. The summed E-state index contributed by atoms with van der Waals surface area (Å²) in [5.74, 6) is -0.0476. The monoisotopic (exact) mass is 272 g/mol. The topological polar surface area (TPSA) is 55.1 Å². The van der Waals surface area contributed by atoms with E-state index in [4.69, 9.17) is 5.73 Å². The Kier molecular flexibility index (Phi) is 3.25. The molecule has 98 valence electrons. The number of carbonyl (C=O) groups is 1. The van der Waals surface area contributed by atoms with Gasteiger partial charge in [0.1, 0.15) is 0 Å². The number of rotatable bonds is 3. The minimum Gasteiger partial charge on any atom is -0.399 e. The second-order valence-corrected chi connectivity index (χ2v) is 6.04. The fourth-order valence-electron chi connectivity index (χ4n) is 2.38. The van der Waals surface area contributed by atoms with Crippen molar-refractivity contribution in [2.75, 3.05) is 5.73 Å². The molecule has 0 radical (unpaired) electrons. The fraction of sp³-hybridized carbons (Fsp3) is 0.267. The molecule has 0 bridgehead atoms. The molecule has 2 aromatic rings. The first-order valence-corrected chi connectivity index (χ1v) is 7.28. The normalized spacial score (nSPS) is 13.3. The molecule has 0 unspecified atom stereocenters. The number of hydrogen-bond acceptors (Lipinski definition) is 3. The molecule has 3 rings (SSSR count). The quantitative estimate of drug-likeness (QED) is 0.844. The van der Waals surface area contributed by atoms with Gasteiger partial charge in [0.15, 0.2) is 0 Å². The fourth-order valence-corrected chi connectivity index (χ4v) is 3.58. The molecule has 1 aromatic carbocycles. The summed E-state index contributed by atoms with van der Waals surface area (Å²) >= 11 is 1.83. The summed E-state index contributed by atoms with van der Waals surface area (Å²) in [7, 11) is 0. The van der Waals surface area contributed by atoms with E-state index in [1.165, 1.54) is 34.6 Å². The molecule has 0 fully saturated rings. The van der Waals surface area contributed by atoms with Gasteiger partial charge in [0.05, 0.1) is 6.54 Å². The Morgan fingerprint density at radius 2 is 2.05 bits per heavy atom. The lowest BCUT2D eigenvalue weighted by Gasteiger charge is -2.04. The third-order valence-electron chi connectivity index (χ3n) is 3.39. The van der Waals surface area contributed by atoms with E-state index in [1.807, 2.05) is 11.3 Å². The summed E-state index contributed by atoms with van der Waals surface area (Å²) in [5, 5.41) is 2.95. The van der Waals surface area contributed by atoms with Crippen molar-refractivity contribution in [1.29, 1.82) is 0 Å². The van der Waals surface area contributed by atoms with Crippen LogP contribution in [0, 0.1) is 0 Å². The molecule has 0 saturated heterocycles. The lowest BCUT2D eigenvalue weighted by molar-refractivity contribution is 0.0951. The maximum Gasteiger partial charge on any atom is 0.251 e. The van der Waals surface area contributed by atoms with Gasteiger partial charge in [-0.3, -0.25) is 4.79 Å². The molecule has 3 N–H and O–H groups in total. The highest BCUT2D eigenvalue weighted by molar-refractivity contribution is 7.12. The van der Waals surface area contributed by atoms with E-state index in [-0.39, 0.29) is 5.91 Å². The molecule has 4 heteroatoms. The van der Waals surface area contributed by atoms with Crippen LogP contribution in [-0.2, 0) is 19.4 Å². The number of hydrogen-bond donors (Lipinski definition) is 2. The molecule has 19 heavy (non-hydrogen) atoms. The van der Waals surface area contributed by atoms with E-state index >= 15 is 0 Å². The van der Waals surface area contributed by atoms with Gasteiger partial charge >= 0.3 is 0 Å². The van der Waals surface area contributed by atoms with Crippen LogP contribution in [0.4, 0.5) is 5.69 Å². The van der Waals surface area contributed by atoms with Crippen LogP contribution in [0.2, 0.25) is 0 Å². The SMILES string of the molecule is Nc1ccc(C(=O)NCc2cc3c(s2)CCC3)cc1. The predicted molar refractivity (Wildman–Crippen MR) is 78.4 cm³/mol. The summed E-state index contributed by atoms with van der Waals surface area (Å²) in [4.78, 5) is 14.7. The van der Waals surface area contributed by atoms with Crippen molar-refractivity contribution >= 4 is 22.9 Å². The van der Waals surface area contributed by atoms with Crippen molar-refractivity contribution in [3.05, 3.63) is 51.2 Å². The third kappa shape index (κ3) is 2.63. The van der Waals surface area contributed by atoms with Crippen LogP contribution in [-0.4, -0.2) is 5.91 Å². The van der Waals surface area contributed by atoms with Gasteiger partial charge in [-0.15, -0.1) is 11.3 Å². The minimum absolute atomic E-state index is 0.0476. The number of aryl methyl sites for hydroxylation is 2. The Bertz CT molecular complexity index is 580. The van der Waals surface area contributed by atoms with Crippen molar-refractivity contribution in [1.82, 2.24) is 5.32 Å². The van der Waals surface area contributed by atoms with Gasteiger partial charge in [0, 0.05) is 21.0 Å². The summed E-state index contributed by atoms with van der Waals surface area (Å²) in [6, 6.07) is 9.22. The zero-order valence-electron chi connectivity index (χ0n) is 10.6. The van der Waals surface area contributed by atoms with Gasteiger partial charge in [0.25, 0.3) is 5.91 Å². The molecule has 1 aromatic heterocycles. The maximum atomic E-state index is 12.0. The van der Waals surface area contributed by atoms with E-state index in [9.17, 15) is 4.79 Å². The lowest BCUT2D eigenvalue weighted by Crippen LogP contribution is -2.22. The molecule has 0 spiro atoms. The number of amides is 1. The second kappa shape index (κ2) is 5.05. The van der Waals surface area contributed by atoms with Crippen LogP contribution in [0.25, 0.3) is 0 Å². The van der Waals surface area contributed by atoms with Gasteiger partial charge < -0.3 is 11.1 Å². The van der Waals surface area contributed by atoms with Gasteiger partial charge in [-0.2, -0.15) is 0 Å². The number of nitrogens with one attached hydrogen (secondary N) is 1. The van der Waals surface area contributed by atoms with Crippen molar-refractivity contribution in [3.8, 4) is 0 Å². The first-order chi connectivity index (χ1) is 9.22. The molecule has 0 aliphatic heterocycles. The van der Waals surface area contributed by atoms with E-state index in [0.717, 1.165) is 0 Å². The highest BCUT2D eigenvalue weighted by atomic mass is 32.1. The number of carbonyl (C=O) groups excluding carboxylic acids is 1. The number of anilines is 1. The van der Waals surface area contributed by atoms with E-state index < -0.39 is 0 Å². The van der Waals surface area contributed by atoms with Crippen molar-refractivity contribution in [2.45, 2.75) is 25.8 Å². The van der Waals surface area contributed by atoms with Crippen LogP contribution in [0.15, 0.2) is 30.3 Å². The van der Waals surface area contributed by atoms with Crippen LogP contribution >= 0.6 is 11.3 Å². The Morgan fingerprint density at radius 1 is 1.26 bits per heavy atom. The zero-order chi connectivity index (χ0) is 13.2. The molecular weight excluding hydrogens is 256 g/mol. The standard InChI is InChI=1S/C15H16N2OS/c16-12-6-4-10(5-7-12)15(18)17-9-13-8-11-2-1-3-14(11)19-13/h4-8H,1-3,9,16H2,(H,17,18). The summed E-state index contributed by atoms with van der Waals surface area (Å²) in [6.07, 6.45) is 3.67. The highest BCUT2D eigenvalue weighted by Gasteiger charge is 2.15. The largest absolute Gasteiger partial charge is 0.399 e. The lowest BCUT2D eigenvalue weighted by atomic mass is 10.2. The van der Waals surface area contributed by atoms with Gasteiger partial charge in [0.2, 0.25) is 0 Å². The number of fused-ring (bicyclic) bond motifs is 1. The van der Waals surface area contributed by atoms with Crippen LogP contribution in [0.5, 0.6) is 0 Å². The van der Waals surface area contributed by atoms with Crippen LogP contribution in [0.3, 0.4) is 0 Å². The van der Waals surface area contributed by atoms with E-state index in [0.29, 0.717) is 17.8 Å². The molecule has 1 amide bonds. The third-order valence-corrected chi connectivity index (χ3v) is 4.63. The van der Waals surface area contributed by atoms with Crippen molar-refractivity contribution < 1.29 is 4.79 Å². The molecule has 1 heterocycles. The average Bonchev–Trinajstić information content (AvgIpc) is 2.97. The zero-order valence-corrected chi connectivity index (χ0v) is 11.4. The van der Waals surface area contributed by atoms with Crippen LogP contribution in [0.1, 0.15) is 32.1 Å². The Hall–Kier alpha value is -1.81. The van der Waals surface area contributed by atoms with Gasteiger partial charge in [-0.1, -0.05) is 0 Å². The second-order valence-electron chi connectivity index (χ2n) is 4.82. The Balaban J connectivity index is 1.62.